The van der Waals surface area contributed by atoms with E-state index in [2.05, 4.69) is 0 Å². The van der Waals surface area contributed by atoms with E-state index < -0.39 is 5.41 Å². The lowest BCUT2D eigenvalue weighted by Gasteiger charge is -2.20. The van der Waals surface area contributed by atoms with Crippen molar-refractivity contribution in [3.8, 4) is 0 Å². The Bertz CT molecular complexity index is 651. The number of carbonyl (C=O) groups is 3. The number of rotatable bonds is 9. The van der Waals surface area contributed by atoms with E-state index in [-0.39, 0.29) is 11.9 Å². The molecule has 0 spiro atoms. The number of aldehydes is 1. The van der Waals surface area contributed by atoms with Crippen molar-refractivity contribution in [3.05, 3.63) is 29.3 Å². The lowest BCUT2D eigenvalue weighted by Crippen LogP contribution is -2.36. The molecule has 1 amide bonds. The molecule has 0 atom stereocenters. The minimum atomic E-state index is -0.555. The molecule has 0 radical (unpaired) electrons. The second kappa shape index (κ2) is 8.28. The first-order chi connectivity index (χ1) is 11.9. The smallest absolute Gasteiger partial charge is 0.305 e. The van der Waals surface area contributed by atoms with Gasteiger partial charge in [-0.2, -0.15) is 0 Å². The summed E-state index contributed by atoms with van der Waals surface area (Å²) in [5.41, 5.74) is 1.86. The van der Waals surface area contributed by atoms with Gasteiger partial charge < -0.3 is 9.64 Å². The van der Waals surface area contributed by atoms with Crippen LogP contribution >= 0.6 is 0 Å². The quantitative estimate of drug-likeness (QED) is 0.389. The SMILES string of the molecule is CCOC(=O)CCCCCCN1C(=O)C(C)(C)c2ccc(C=O)cc21. The maximum atomic E-state index is 12.7. The third-order valence-electron chi connectivity index (χ3n) is 4.72. The van der Waals surface area contributed by atoms with Gasteiger partial charge in [-0.15, -0.1) is 0 Å². The van der Waals surface area contributed by atoms with E-state index in [0.29, 0.717) is 25.1 Å². The number of esters is 1. The summed E-state index contributed by atoms with van der Waals surface area (Å²) in [5, 5.41) is 0. The molecule has 1 aliphatic heterocycles. The Morgan fingerprint density at radius 1 is 1.20 bits per heavy atom. The molecule has 1 aliphatic rings. The Hall–Kier alpha value is -2.17. The molecule has 5 heteroatoms. The summed E-state index contributed by atoms with van der Waals surface area (Å²) in [5.74, 6) is -0.0636. The molecule has 1 aromatic carbocycles. The van der Waals surface area contributed by atoms with Gasteiger partial charge in [0.05, 0.1) is 12.0 Å². The van der Waals surface area contributed by atoms with Gasteiger partial charge in [-0.1, -0.05) is 25.0 Å². The molecule has 1 aromatic rings. The van der Waals surface area contributed by atoms with E-state index in [1.54, 1.807) is 24.0 Å². The fraction of sp³-hybridized carbons (Fsp3) is 0.550. The molecule has 2 rings (SSSR count). The zero-order valence-electron chi connectivity index (χ0n) is 15.3. The Morgan fingerprint density at radius 3 is 2.60 bits per heavy atom. The maximum Gasteiger partial charge on any atom is 0.305 e. The van der Waals surface area contributed by atoms with Crippen LogP contribution in [0.1, 0.15) is 68.8 Å². The Labute approximate surface area is 149 Å². The number of hydrogen-bond acceptors (Lipinski definition) is 4. The minimum Gasteiger partial charge on any atom is -0.466 e. The predicted octanol–water partition coefficient (Wildman–Crippen LogP) is 3.64. The Balaban J connectivity index is 1.89. The van der Waals surface area contributed by atoms with Crippen molar-refractivity contribution in [2.24, 2.45) is 0 Å². The van der Waals surface area contributed by atoms with Crippen LogP contribution in [0.5, 0.6) is 0 Å². The summed E-state index contributed by atoms with van der Waals surface area (Å²) in [7, 11) is 0. The zero-order chi connectivity index (χ0) is 18.4. The molecule has 0 fully saturated rings. The van der Waals surface area contributed by atoms with Crippen molar-refractivity contribution >= 4 is 23.9 Å². The highest BCUT2D eigenvalue weighted by atomic mass is 16.5. The normalized spacial score (nSPS) is 15.2. The summed E-state index contributed by atoms with van der Waals surface area (Å²) in [6.07, 6.45) is 4.83. The zero-order valence-corrected chi connectivity index (χ0v) is 15.3. The van der Waals surface area contributed by atoms with Crippen LogP contribution in [0, 0.1) is 0 Å². The highest BCUT2D eigenvalue weighted by molar-refractivity contribution is 6.08. The fourth-order valence-electron chi connectivity index (χ4n) is 3.28. The number of anilines is 1. The third-order valence-corrected chi connectivity index (χ3v) is 4.72. The highest BCUT2D eigenvalue weighted by Gasteiger charge is 2.43. The van der Waals surface area contributed by atoms with Crippen molar-refractivity contribution in [3.63, 3.8) is 0 Å². The first-order valence-corrected chi connectivity index (χ1v) is 8.99. The second-order valence-electron chi connectivity index (χ2n) is 6.95. The summed E-state index contributed by atoms with van der Waals surface area (Å²) < 4.78 is 4.91. The van der Waals surface area contributed by atoms with Crippen LogP contribution in [0.15, 0.2) is 18.2 Å². The van der Waals surface area contributed by atoms with Crippen LogP contribution in [0.2, 0.25) is 0 Å². The van der Waals surface area contributed by atoms with Crippen LogP contribution in [0.25, 0.3) is 0 Å². The van der Waals surface area contributed by atoms with E-state index in [4.69, 9.17) is 4.74 Å². The van der Waals surface area contributed by atoms with Gasteiger partial charge in [-0.25, -0.2) is 0 Å². The van der Waals surface area contributed by atoms with E-state index in [0.717, 1.165) is 43.2 Å². The fourth-order valence-corrected chi connectivity index (χ4v) is 3.28. The minimum absolute atomic E-state index is 0.0806. The van der Waals surface area contributed by atoms with Crippen LogP contribution in [-0.4, -0.2) is 31.3 Å². The second-order valence-corrected chi connectivity index (χ2v) is 6.95. The highest BCUT2D eigenvalue weighted by Crippen LogP contribution is 2.41. The Morgan fingerprint density at radius 2 is 1.92 bits per heavy atom. The number of hydrogen-bond donors (Lipinski definition) is 0. The molecule has 0 unspecified atom stereocenters. The number of unbranched alkanes of at least 4 members (excludes halogenated alkanes) is 3. The molecular formula is C20H27NO4. The van der Waals surface area contributed by atoms with Crippen LogP contribution < -0.4 is 4.90 Å². The Kier molecular flexibility index (Phi) is 6.34. The standard InChI is InChI=1S/C20H27NO4/c1-4-25-18(23)9-7-5-6-8-12-21-17-13-15(14-22)10-11-16(17)20(2,3)19(21)24/h10-11,13-14H,4-9,12H2,1-3H3. The maximum absolute atomic E-state index is 12.7. The van der Waals surface area contributed by atoms with E-state index >= 15 is 0 Å². The van der Waals surface area contributed by atoms with Crippen LogP contribution in [0.4, 0.5) is 5.69 Å². The molecule has 1 heterocycles. The van der Waals surface area contributed by atoms with Crippen molar-refractivity contribution in [1.29, 1.82) is 0 Å². The molecule has 0 N–H and O–H groups in total. The average Bonchev–Trinajstić information content (AvgIpc) is 2.78. The number of amides is 1. The summed E-state index contributed by atoms with van der Waals surface area (Å²) >= 11 is 0. The van der Waals surface area contributed by atoms with Crippen molar-refractivity contribution in [1.82, 2.24) is 0 Å². The lowest BCUT2D eigenvalue weighted by molar-refractivity contribution is -0.143. The van der Waals surface area contributed by atoms with Gasteiger partial charge in [0.1, 0.15) is 6.29 Å². The van der Waals surface area contributed by atoms with Gasteiger partial charge >= 0.3 is 5.97 Å². The van der Waals surface area contributed by atoms with Gasteiger partial charge in [0, 0.05) is 24.2 Å². The summed E-state index contributed by atoms with van der Waals surface area (Å²) in [6, 6.07) is 5.45. The number of nitrogens with zero attached hydrogens (tertiary/aromatic N) is 1. The lowest BCUT2D eigenvalue weighted by atomic mass is 9.86. The van der Waals surface area contributed by atoms with Crippen molar-refractivity contribution in [2.45, 2.75) is 58.3 Å². The van der Waals surface area contributed by atoms with Gasteiger partial charge in [0.2, 0.25) is 5.91 Å². The third kappa shape index (κ3) is 4.27. The number of benzene rings is 1. The first kappa shape index (κ1) is 19.2. The molecule has 136 valence electrons. The van der Waals surface area contributed by atoms with Crippen molar-refractivity contribution < 1.29 is 19.1 Å². The number of carbonyl (C=O) groups excluding carboxylic acids is 3. The van der Waals surface area contributed by atoms with Gasteiger partial charge in [0.15, 0.2) is 0 Å². The topological polar surface area (TPSA) is 63.7 Å². The molecule has 0 saturated heterocycles. The molecule has 25 heavy (non-hydrogen) atoms. The van der Waals surface area contributed by atoms with E-state index in [1.165, 1.54) is 0 Å². The largest absolute Gasteiger partial charge is 0.466 e. The summed E-state index contributed by atoms with van der Waals surface area (Å²) in [4.78, 5) is 36.9. The van der Waals surface area contributed by atoms with Crippen LogP contribution in [0.3, 0.4) is 0 Å². The molecular weight excluding hydrogens is 318 g/mol. The van der Waals surface area contributed by atoms with E-state index in [1.807, 2.05) is 19.9 Å². The van der Waals surface area contributed by atoms with E-state index in [9.17, 15) is 14.4 Å². The first-order valence-electron chi connectivity index (χ1n) is 8.99. The summed E-state index contributed by atoms with van der Waals surface area (Å²) in [6.45, 7) is 6.72. The van der Waals surface area contributed by atoms with Gasteiger partial charge in [-0.3, -0.25) is 14.4 Å². The number of fused-ring (bicyclic) bond motifs is 1. The molecule has 0 bridgehead atoms. The number of ether oxygens (including phenoxy) is 1. The molecule has 0 saturated carbocycles. The van der Waals surface area contributed by atoms with Crippen molar-refractivity contribution in [2.75, 3.05) is 18.1 Å². The average molecular weight is 345 g/mol. The van der Waals surface area contributed by atoms with Crippen LogP contribution in [-0.2, 0) is 19.7 Å². The molecule has 0 aliphatic carbocycles. The predicted molar refractivity (Wildman–Crippen MR) is 96.9 cm³/mol. The van der Waals surface area contributed by atoms with Gasteiger partial charge in [-0.05, 0) is 45.2 Å². The van der Waals surface area contributed by atoms with Gasteiger partial charge in [0.25, 0.3) is 0 Å². The monoisotopic (exact) mass is 345 g/mol. The molecule has 0 aromatic heterocycles. The molecule has 5 nitrogen and oxygen atoms in total.